The van der Waals surface area contributed by atoms with Crippen LogP contribution in [-0.4, -0.2) is 21.4 Å². The van der Waals surface area contributed by atoms with Gasteiger partial charge in [-0.1, -0.05) is 6.92 Å². The molecule has 0 saturated carbocycles. The predicted molar refractivity (Wildman–Crippen MR) is 78.2 cm³/mol. The summed E-state index contributed by atoms with van der Waals surface area (Å²) in [6.07, 6.45) is 4.06. The van der Waals surface area contributed by atoms with Gasteiger partial charge in [0.25, 0.3) is 0 Å². The Morgan fingerprint density at radius 1 is 1.33 bits per heavy atom. The molecule has 0 unspecified atom stereocenters. The summed E-state index contributed by atoms with van der Waals surface area (Å²) in [5.41, 5.74) is 1.64. The lowest BCUT2D eigenvalue weighted by Crippen LogP contribution is -2.04. The minimum atomic E-state index is -0.567. The topological polar surface area (TPSA) is 90.2 Å². The fourth-order valence-electron chi connectivity index (χ4n) is 1.72. The maximum absolute atomic E-state index is 10.8. The summed E-state index contributed by atoms with van der Waals surface area (Å²) >= 11 is 0. The van der Waals surface area contributed by atoms with E-state index in [1.807, 2.05) is 12.1 Å². The number of anilines is 1. The second-order valence-electron chi connectivity index (χ2n) is 4.33. The molecular formula is C14H16N4O3. The van der Waals surface area contributed by atoms with Crippen molar-refractivity contribution in [2.24, 2.45) is 0 Å². The molecule has 0 amide bonds. The highest BCUT2D eigenvalue weighted by atomic mass is 16.6. The fraction of sp³-hybridized carbons (Fsp3) is 0.286. The van der Waals surface area contributed by atoms with Crippen LogP contribution < -0.4 is 10.1 Å². The molecule has 0 bridgehead atoms. The molecule has 0 atom stereocenters. The molecule has 21 heavy (non-hydrogen) atoms. The molecule has 0 saturated heterocycles. The Labute approximate surface area is 122 Å². The van der Waals surface area contributed by atoms with Gasteiger partial charge < -0.3 is 20.2 Å². The Balaban J connectivity index is 2.05. The Bertz CT molecular complexity index is 619. The van der Waals surface area contributed by atoms with Crippen LogP contribution >= 0.6 is 0 Å². The molecule has 2 aromatic rings. The number of nitro groups is 1. The van der Waals surface area contributed by atoms with Crippen LogP contribution in [0.4, 0.5) is 11.5 Å². The van der Waals surface area contributed by atoms with E-state index < -0.39 is 4.92 Å². The summed E-state index contributed by atoms with van der Waals surface area (Å²) in [6.45, 7) is 3.10. The van der Waals surface area contributed by atoms with Gasteiger partial charge in [-0.25, -0.2) is 0 Å². The minimum Gasteiger partial charge on any atom is -0.479 e. The van der Waals surface area contributed by atoms with Gasteiger partial charge in [0.2, 0.25) is 5.75 Å². The van der Waals surface area contributed by atoms with E-state index in [9.17, 15) is 10.1 Å². The summed E-state index contributed by atoms with van der Waals surface area (Å²) in [4.78, 5) is 18.1. The molecule has 0 aliphatic carbocycles. The van der Waals surface area contributed by atoms with E-state index in [2.05, 4.69) is 22.2 Å². The lowest BCUT2D eigenvalue weighted by molar-refractivity contribution is -0.390. The number of aromatic nitrogens is 2. The third kappa shape index (κ3) is 4.13. The summed E-state index contributed by atoms with van der Waals surface area (Å²) in [5, 5.41) is 14.1. The van der Waals surface area contributed by atoms with E-state index in [4.69, 9.17) is 4.74 Å². The standard InChI is InChI=1S/C14H16N4O3/c1-2-6-15-11-5-8-16-12(9-11)10-21-13-4-3-7-17-14(13)18(19)20/h3-5,7-9H,2,6,10H2,1H3,(H,15,16). The van der Waals surface area contributed by atoms with Crippen molar-refractivity contribution in [3.8, 4) is 5.75 Å². The highest BCUT2D eigenvalue weighted by molar-refractivity contribution is 5.43. The number of nitrogens with zero attached hydrogens (tertiary/aromatic N) is 3. The molecule has 2 aromatic heterocycles. The SMILES string of the molecule is CCCNc1ccnc(COc2cccnc2[N+](=O)[O-])c1. The summed E-state index contributed by atoms with van der Waals surface area (Å²) in [5.74, 6) is -0.158. The predicted octanol–water partition coefficient (Wildman–Crippen LogP) is 2.79. The smallest absolute Gasteiger partial charge is 0.406 e. The highest BCUT2D eigenvalue weighted by Crippen LogP contribution is 2.23. The van der Waals surface area contributed by atoms with Gasteiger partial charge in [0.1, 0.15) is 12.8 Å². The van der Waals surface area contributed by atoms with Gasteiger partial charge in [0.15, 0.2) is 0 Å². The van der Waals surface area contributed by atoms with Gasteiger partial charge in [0.05, 0.1) is 5.69 Å². The quantitative estimate of drug-likeness (QED) is 0.622. The average molecular weight is 288 g/mol. The zero-order valence-electron chi connectivity index (χ0n) is 11.7. The minimum absolute atomic E-state index is 0.135. The van der Waals surface area contributed by atoms with E-state index >= 15 is 0 Å². The molecule has 2 rings (SSSR count). The molecule has 0 spiro atoms. The van der Waals surface area contributed by atoms with E-state index in [0.717, 1.165) is 18.7 Å². The van der Waals surface area contributed by atoms with Crippen LogP contribution in [0.15, 0.2) is 36.7 Å². The lowest BCUT2D eigenvalue weighted by Gasteiger charge is -2.08. The van der Waals surface area contributed by atoms with Crippen LogP contribution in [-0.2, 0) is 6.61 Å². The third-order valence-corrected chi connectivity index (χ3v) is 2.70. The van der Waals surface area contributed by atoms with Crippen molar-refractivity contribution >= 4 is 11.5 Å². The molecule has 110 valence electrons. The van der Waals surface area contributed by atoms with Crippen molar-refractivity contribution in [1.29, 1.82) is 0 Å². The Hall–Kier alpha value is -2.70. The molecule has 2 heterocycles. The van der Waals surface area contributed by atoms with Crippen molar-refractivity contribution in [2.75, 3.05) is 11.9 Å². The van der Waals surface area contributed by atoms with Crippen molar-refractivity contribution in [2.45, 2.75) is 20.0 Å². The molecule has 1 N–H and O–H groups in total. The molecule has 0 fully saturated rings. The number of hydrogen-bond donors (Lipinski definition) is 1. The second-order valence-corrected chi connectivity index (χ2v) is 4.33. The highest BCUT2D eigenvalue weighted by Gasteiger charge is 2.15. The Morgan fingerprint density at radius 3 is 2.95 bits per heavy atom. The summed E-state index contributed by atoms with van der Waals surface area (Å²) < 4.78 is 5.45. The van der Waals surface area contributed by atoms with Gasteiger partial charge in [0, 0.05) is 18.4 Å². The number of hydrogen-bond acceptors (Lipinski definition) is 6. The normalized spacial score (nSPS) is 10.1. The second kappa shape index (κ2) is 7.18. The average Bonchev–Trinajstić information content (AvgIpc) is 2.51. The molecule has 7 nitrogen and oxygen atoms in total. The fourth-order valence-corrected chi connectivity index (χ4v) is 1.72. The first-order chi connectivity index (χ1) is 10.2. The van der Waals surface area contributed by atoms with Gasteiger partial charge >= 0.3 is 5.82 Å². The first kappa shape index (κ1) is 14.7. The molecular weight excluding hydrogens is 272 g/mol. The molecule has 0 aliphatic heterocycles. The summed E-state index contributed by atoms with van der Waals surface area (Å²) in [6, 6.07) is 6.84. The Morgan fingerprint density at radius 2 is 2.19 bits per heavy atom. The van der Waals surface area contributed by atoms with E-state index in [0.29, 0.717) is 5.69 Å². The van der Waals surface area contributed by atoms with Crippen molar-refractivity contribution in [3.63, 3.8) is 0 Å². The third-order valence-electron chi connectivity index (χ3n) is 2.70. The van der Waals surface area contributed by atoms with Crippen LogP contribution in [0.25, 0.3) is 0 Å². The van der Waals surface area contributed by atoms with Gasteiger partial charge in [-0.2, -0.15) is 0 Å². The zero-order chi connectivity index (χ0) is 15.1. The van der Waals surface area contributed by atoms with Crippen molar-refractivity contribution in [1.82, 2.24) is 9.97 Å². The number of ether oxygens (including phenoxy) is 1. The monoisotopic (exact) mass is 288 g/mol. The van der Waals surface area contributed by atoms with Crippen LogP contribution in [0.2, 0.25) is 0 Å². The number of pyridine rings is 2. The first-order valence-corrected chi connectivity index (χ1v) is 6.61. The van der Waals surface area contributed by atoms with Crippen molar-refractivity contribution in [3.05, 3.63) is 52.5 Å². The van der Waals surface area contributed by atoms with Crippen LogP contribution in [0.1, 0.15) is 19.0 Å². The van der Waals surface area contributed by atoms with Crippen molar-refractivity contribution < 1.29 is 9.66 Å². The van der Waals surface area contributed by atoms with Crippen LogP contribution in [0, 0.1) is 10.1 Å². The van der Waals surface area contributed by atoms with Crippen LogP contribution in [0.3, 0.4) is 0 Å². The molecule has 0 radical (unpaired) electrons. The maximum Gasteiger partial charge on any atom is 0.406 e. The van der Waals surface area contributed by atoms with Crippen LogP contribution in [0.5, 0.6) is 5.75 Å². The number of nitrogens with one attached hydrogen (secondary N) is 1. The van der Waals surface area contributed by atoms with E-state index in [1.165, 1.54) is 12.3 Å². The molecule has 0 aliphatic rings. The maximum atomic E-state index is 10.8. The Kier molecular flexibility index (Phi) is 5.03. The first-order valence-electron chi connectivity index (χ1n) is 6.61. The largest absolute Gasteiger partial charge is 0.479 e. The van der Waals surface area contributed by atoms with E-state index in [-0.39, 0.29) is 18.2 Å². The van der Waals surface area contributed by atoms with E-state index in [1.54, 1.807) is 12.3 Å². The molecule has 7 heteroatoms. The van der Waals surface area contributed by atoms with Gasteiger partial charge in [-0.15, -0.1) is 0 Å². The summed E-state index contributed by atoms with van der Waals surface area (Å²) in [7, 11) is 0. The lowest BCUT2D eigenvalue weighted by atomic mass is 10.3. The molecule has 0 aromatic carbocycles. The van der Waals surface area contributed by atoms with Gasteiger partial charge in [-0.05, 0) is 40.6 Å². The zero-order valence-corrected chi connectivity index (χ0v) is 11.7. The van der Waals surface area contributed by atoms with Gasteiger partial charge in [-0.3, -0.25) is 4.98 Å². The number of rotatable bonds is 7.